The van der Waals surface area contributed by atoms with Gasteiger partial charge in [0.15, 0.2) is 0 Å². The summed E-state index contributed by atoms with van der Waals surface area (Å²) in [5.74, 6) is 1.56. The fourth-order valence-electron chi connectivity index (χ4n) is 3.84. The van der Waals surface area contributed by atoms with E-state index < -0.39 is 0 Å². The molecule has 0 aromatic carbocycles. The molecule has 2 aromatic rings. The van der Waals surface area contributed by atoms with E-state index in [1.165, 1.54) is 0 Å². The van der Waals surface area contributed by atoms with Crippen molar-refractivity contribution in [1.82, 2.24) is 20.1 Å². The number of rotatable bonds is 5. The van der Waals surface area contributed by atoms with Gasteiger partial charge in [-0.15, -0.1) is 0 Å². The molecule has 7 nitrogen and oxygen atoms in total. The van der Waals surface area contributed by atoms with Crippen LogP contribution in [0.15, 0.2) is 30.6 Å². The Morgan fingerprint density at radius 3 is 2.89 bits per heavy atom. The summed E-state index contributed by atoms with van der Waals surface area (Å²) in [6.07, 6.45) is 7.29. The van der Waals surface area contributed by atoms with E-state index in [2.05, 4.69) is 15.2 Å². The average molecular weight is 370 g/mol. The molecular formula is C20H26N4O3. The number of likely N-dealkylation sites (tertiary alicyclic amines) is 1. The van der Waals surface area contributed by atoms with Gasteiger partial charge in [-0.1, -0.05) is 0 Å². The fraction of sp³-hybridized carbons (Fsp3) is 0.550. The normalized spacial score (nSPS) is 21.2. The number of hydrogen-bond acceptors (Lipinski definition) is 5. The van der Waals surface area contributed by atoms with E-state index in [-0.39, 0.29) is 5.92 Å². The summed E-state index contributed by atoms with van der Waals surface area (Å²) in [6, 6.07) is 5.73. The average Bonchev–Trinajstić information content (AvgIpc) is 3.28. The van der Waals surface area contributed by atoms with Gasteiger partial charge in [0, 0.05) is 44.3 Å². The topological polar surface area (TPSA) is 80.3 Å². The molecule has 0 unspecified atom stereocenters. The summed E-state index contributed by atoms with van der Waals surface area (Å²) in [7, 11) is 0. The standard InChI is InChI=1S/C20H26N4O3/c25-20(16-6-10-26-11-7-16)24-9-1-2-15(13-24)14-27-17-3-4-18(21-12-17)19-5-8-22-23-19/h3-5,8,12,15-16H,1-2,6-7,9-11,13-14H2,(H,22,23)/t15-/m1/s1. The zero-order chi connectivity index (χ0) is 18.5. The summed E-state index contributed by atoms with van der Waals surface area (Å²) >= 11 is 0. The van der Waals surface area contributed by atoms with Crippen molar-refractivity contribution in [2.75, 3.05) is 32.9 Å². The molecule has 2 fully saturated rings. The Morgan fingerprint density at radius 1 is 1.26 bits per heavy atom. The van der Waals surface area contributed by atoms with Crippen molar-refractivity contribution in [3.05, 3.63) is 30.6 Å². The number of piperidine rings is 1. The predicted octanol–water partition coefficient (Wildman–Crippen LogP) is 2.52. The third-order valence-corrected chi connectivity index (χ3v) is 5.40. The third kappa shape index (κ3) is 4.47. The van der Waals surface area contributed by atoms with Gasteiger partial charge in [0.25, 0.3) is 0 Å². The van der Waals surface area contributed by atoms with Crippen LogP contribution in [0.4, 0.5) is 0 Å². The van der Waals surface area contributed by atoms with Crippen molar-refractivity contribution in [3.63, 3.8) is 0 Å². The van der Waals surface area contributed by atoms with Crippen LogP contribution in [0.1, 0.15) is 25.7 Å². The zero-order valence-electron chi connectivity index (χ0n) is 15.5. The number of nitrogens with one attached hydrogen (secondary N) is 1. The van der Waals surface area contributed by atoms with Crippen molar-refractivity contribution >= 4 is 5.91 Å². The van der Waals surface area contributed by atoms with E-state index >= 15 is 0 Å². The molecule has 4 heterocycles. The fourth-order valence-corrected chi connectivity index (χ4v) is 3.84. The summed E-state index contributed by atoms with van der Waals surface area (Å²) in [5.41, 5.74) is 1.72. The van der Waals surface area contributed by atoms with Gasteiger partial charge in [-0.05, 0) is 43.9 Å². The van der Waals surface area contributed by atoms with Gasteiger partial charge < -0.3 is 14.4 Å². The van der Waals surface area contributed by atoms with Crippen LogP contribution in [0.3, 0.4) is 0 Å². The first kappa shape index (κ1) is 18.0. The molecule has 2 aromatic heterocycles. The Hall–Kier alpha value is -2.41. The van der Waals surface area contributed by atoms with Crippen molar-refractivity contribution in [2.45, 2.75) is 25.7 Å². The first-order valence-electron chi connectivity index (χ1n) is 9.75. The molecule has 7 heteroatoms. The van der Waals surface area contributed by atoms with Gasteiger partial charge in [0.05, 0.1) is 24.2 Å². The lowest BCUT2D eigenvalue weighted by Gasteiger charge is -2.35. The minimum atomic E-state index is 0.137. The van der Waals surface area contributed by atoms with Gasteiger partial charge in [-0.25, -0.2) is 0 Å². The number of nitrogens with zero attached hydrogens (tertiary/aromatic N) is 3. The quantitative estimate of drug-likeness (QED) is 0.875. The number of H-pyrrole nitrogens is 1. The Balaban J connectivity index is 1.28. The van der Waals surface area contributed by atoms with E-state index in [1.807, 2.05) is 23.1 Å². The predicted molar refractivity (Wildman–Crippen MR) is 100 cm³/mol. The van der Waals surface area contributed by atoms with Crippen molar-refractivity contribution < 1.29 is 14.3 Å². The number of aromatic amines is 1. The minimum absolute atomic E-state index is 0.137. The maximum absolute atomic E-state index is 12.7. The van der Waals surface area contributed by atoms with E-state index in [1.54, 1.807) is 12.4 Å². The minimum Gasteiger partial charge on any atom is -0.492 e. The molecule has 4 rings (SSSR count). The molecule has 0 radical (unpaired) electrons. The van der Waals surface area contributed by atoms with Crippen LogP contribution < -0.4 is 4.74 Å². The summed E-state index contributed by atoms with van der Waals surface area (Å²) in [6.45, 7) is 3.68. The zero-order valence-corrected chi connectivity index (χ0v) is 15.5. The van der Waals surface area contributed by atoms with Crippen LogP contribution >= 0.6 is 0 Å². The number of carbonyl (C=O) groups excluding carboxylic acids is 1. The van der Waals surface area contributed by atoms with Gasteiger partial charge in [-0.3, -0.25) is 14.9 Å². The van der Waals surface area contributed by atoms with Crippen molar-refractivity contribution in [1.29, 1.82) is 0 Å². The van der Waals surface area contributed by atoms with Gasteiger partial charge >= 0.3 is 0 Å². The first-order chi connectivity index (χ1) is 13.3. The lowest BCUT2D eigenvalue weighted by Crippen LogP contribution is -2.45. The summed E-state index contributed by atoms with van der Waals surface area (Å²) in [4.78, 5) is 19.2. The van der Waals surface area contributed by atoms with E-state index in [9.17, 15) is 4.79 Å². The maximum atomic E-state index is 12.7. The molecular weight excluding hydrogens is 344 g/mol. The number of carbonyl (C=O) groups is 1. The molecule has 2 aliphatic rings. The monoisotopic (exact) mass is 370 g/mol. The van der Waals surface area contributed by atoms with Gasteiger partial charge in [0.1, 0.15) is 5.75 Å². The summed E-state index contributed by atoms with van der Waals surface area (Å²) in [5, 5.41) is 6.84. The molecule has 144 valence electrons. The van der Waals surface area contributed by atoms with Crippen LogP contribution in [0, 0.1) is 11.8 Å². The highest BCUT2D eigenvalue weighted by atomic mass is 16.5. The highest BCUT2D eigenvalue weighted by Crippen LogP contribution is 2.24. The van der Waals surface area contributed by atoms with Gasteiger partial charge in [-0.2, -0.15) is 5.10 Å². The van der Waals surface area contributed by atoms with Crippen LogP contribution in [-0.4, -0.2) is 58.9 Å². The molecule has 2 saturated heterocycles. The molecule has 27 heavy (non-hydrogen) atoms. The second-order valence-electron chi connectivity index (χ2n) is 7.34. The van der Waals surface area contributed by atoms with Crippen LogP contribution in [0.5, 0.6) is 5.75 Å². The first-order valence-corrected chi connectivity index (χ1v) is 9.75. The van der Waals surface area contributed by atoms with Crippen molar-refractivity contribution in [2.24, 2.45) is 11.8 Å². The second kappa shape index (κ2) is 8.52. The second-order valence-corrected chi connectivity index (χ2v) is 7.34. The largest absolute Gasteiger partial charge is 0.492 e. The molecule has 2 aliphatic heterocycles. The van der Waals surface area contributed by atoms with Crippen molar-refractivity contribution in [3.8, 4) is 17.1 Å². The smallest absolute Gasteiger partial charge is 0.225 e. The van der Waals surface area contributed by atoms with Crippen LogP contribution in [-0.2, 0) is 9.53 Å². The Labute approximate surface area is 159 Å². The number of aromatic nitrogens is 3. The summed E-state index contributed by atoms with van der Waals surface area (Å²) < 4.78 is 11.3. The molecule has 0 spiro atoms. The lowest BCUT2D eigenvalue weighted by molar-refractivity contribution is -0.140. The maximum Gasteiger partial charge on any atom is 0.225 e. The van der Waals surface area contributed by atoms with E-state index in [4.69, 9.17) is 9.47 Å². The highest BCUT2D eigenvalue weighted by Gasteiger charge is 2.30. The number of hydrogen-bond donors (Lipinski definition) is 1. The number of pyridine rings is 1. The van der Waals surface area contributed by atoms with Crippen LogP contribution in [0.2, 0.25) is 0 Å². The molecule has 0 aliphatic carbocycles. The Bertz CT molecular complexity index is 726. The molecule has 1 atom stereocenters. The molecule has 1 N–H and O–H groups in total. The van der Waals surface area contributed by atoms with E-state index in [0.29, 0.717) is 31.6 Å². The SMILES string of the molecule is O=C(C1CCOCC1)N1CCC[C@@H](COc2ccc(-c3ccn[nH]3)nc2)C1. The molecule has 1 amide bonds. The van der Waals surface area contributed by atoms with E-state index in [0.717, 1.165) is 55.9 Å². The highest BCUT2D eigenvalue weighted by molar-refractivity contribution is 5.79. The number of ether oxygens (including phenoxy) is 2. The Kier molecular flexibility index (Phi) is 5.67. The molecule has 0 bridgehead atoms. The van der Waals surface area contributed by atoms with Gasteiger partial charge in [0.2, 0.25) is 5.91 Å². The lowest BCUT2D eigenvalue weighted by atomic mass is 9.94. The molecule has 0 saturated carbocycles. The number of amides is 1. The van der Waals surface area contributed by atoms with Crippen LogP contribution in [0.25, 0.3) is 11.4 Å². The Morgan fingerprint density at radius 2 is 2.15 bits per heavy atom. The third-order valence-electron chi connectivity index (χ3n) is 5.40.